The van der Waals surface area contributed by atoms with Gasteiger partial charge in [-0.2, -0.15) is 0 Å². The fourth-order valence-corrected chi connectivity index (χ4v) is 1.04. The molecule has 0 amide bonds. The first kappa shape index (κ1) is 10.3. The molecule has 2 N–H and O–H groups in total. The summed E-state index contributed by atoms with van der Waals surface area (Å²) >= 11 is 0. The fraction of sp³-hybridized carbons (Fsp3) is 0.182. The molecule has 0 aromatic heterocycles. The number of carbonyl (C=O) groups excluding carboxylic acids is 1. The Labute approximate surface area is 81.9 Å². The average Bonchev–Trinajstić information content (AvgIpc) is 2.18. The topological polar surface area (TPSA) is 43.1 Å². The predicted molar refractivity (Wildman–Crippen MR) is 53.2 cm³/mol. The predicted octanol–water partition coefficient (Wildman–Crippen LogP) is 2.00. The molecule has 3 heteroatoms. The molecule has 0 saturated heterocycles. The molecule has 0 unspecified atom stereocenters. The molecular weight excluding hydrogens is 181 g/mol. The van der Waals surface area contributed by atoms with Crippen molar-refractivity contribution in [1.82, 2.24) is 0 Å². The van der Waals surface area contributed by atoms with Gasteiger partial charge in [0, 0.05) is 5.56 Å². The molecular formula is C11H10FNO. The van der Waals surface area contributed by atoms with E-state index in [0.717, 1.165) is 0 Å². The molecule has 0 aliphatic carbocycles. The normalized spacial score (nSPS) is 9.00. The van der Waals surface area contributed by atoms with Crippen LogP contribution in [0, 0.1) is 17.7 Å². The van der Waals surface area contributed by atoms with Crippen molar-refractivity contribution >= 4 is 11.5 Å². The highest BCUT2D eigenvalue weighted by Crippen LogP contribution is 2.16. The van der Waals surface area contributed by atoms with E-state index in [0.29, 0.717) is 0 Å². The Hall–Kier alpha value is -1.82. The van der Waals surface area contributed by atoms with E-state index in [9.17, 15) is 9.18 Å². The third-order valence-corrected chi connectivity index (χ3v) is 1.78. The SMILES string of the molecule is CC#CCC(=O)c1cccc(F)c1N. The Bertz CT molecular complexity index is 415. The van der Waals surface area contributed by atoms with Gasteiger partial charge in [-0.1, -0.05) is 12.0 Å². The van der Waals surface area contributed by atoms with E-state index in [1.807, 2.05) is 0 Å². The summed E-state index contributed by atoms with van der Waals surface area (Å²) in [7, 11) is 0. The van der Waals surface area contributed by atoms with Crippen molar-refractivity contribution in [2.24, 2.45) is 0 Å². The maximum absolute atomic E-state index is 12.9. The minimum Gasteiger partial charge on any atom is -0.396 e. The third-order valence-electron chi connectivity index (χ3n) is 1.78. The molecule has 0 aliphatic heterocycles. The largest absolute Gasteiger partial charge is 0.396 e. The summed E-state index contributed by atoms with van der Waals surface area (Å²) in [5.41, 5.74) is 5.51. The second kappa shape index (κ2) is 4.43. The maximum atomic E-state index is 12.9. The Morgan fingerprint density at radius 2 is 2.29 bits per heavy atom. The number of anilines is 1. The second-order valence-electron chi connectivity index (χ2n) is 2.73. The summed E-state index contributed by atoms with van der Waals surface area (Å²) in [6.45, 7) is 1.64. The first-order valence-corrected chi connectivity index (χ1v) is 4.13. The highest BCUT2D eigenvalue weighted by atomic mass is 19.1. The summed E-state index contributed by atoms with van der Waals surface area (Å²) < 4.78 is 12.9. The second-order valence-corrected chi connectivity index (χ2v) is 2.73. The van der Waals surface area contributed by atoms with Gasteiger partial charge in [0.25, 0.3) is 0 Å². The number of ketones is 1. The highest BCUT2D eigenvalue weighted by Gasteiger charge is 2.10. The van der Waals surface area contributed by atoms with Gasteiger partial charge in [0.15, 0.2) is 5.78 Å². The van der Waals surface area contributed by atoms with Gasteiger partial charge in [-0.25, -0.2) is 4.39 Å². The molecule has 0 fully saturated rings. The van der Waals surface area contributed by atoms with Crippen molar-refractivity contribution in [3.05, 3.63) is 29.6 Å². The number of para-hydroxylation sites is 1. The molecule has 1 rings (SSSR count). The third kappa shape index (κ3) is 2.11. The van der Waals surface area contributed by atoms with E-state index in [1.165, 1.54) is 18.2 Å². The fourth-order valence-electron chi connectivity index (χ4n) is 1.04. The van der Waals surface area contributed by atoms with E-state index in [4.69, 9.17) is 5.73 Å². The number of nitrogens with two attached hydrogens (primary N) is 1. The first-order chi connectivity index (χ1) is 6.66. The quantitative estimate of drug-likeness (QED) is 0.441. The van der Waals surface area contributed by atoms with Crippen LogP contribution in [0.5, 0.6) is 0 Å². The lowest BCUT2D eigenvalue weighted by molar-refractivity contribution is 0.0998. The Morgan fingerprint density at radius 1 is 1.57 bits per heavy atom. The molecule has 0 radical (unpaired) electrons. The number of rotatable bonds is 2. The van der Waals surface area contributed by atoms with Crippen LogP contribution in [0.2, 0.25) is 0 Å². The van der Waals surface area contributed by atoms with E-state index < -0.39 is 5.82 Å². The molecule has 0 bridgehead atoms. The van der Waals surface area contributed by atoms with Crippen LogP contribution >= 0.6 is 0 Å². The molecule has 2 nitrogen and oxygen atoms in total. The average molecular weight is 191 g/mol. The molecule has 1 aromatic rings. The minimum atomic E-state index is -0.569. The van der Waals surface area contributed by atoms with Crippen LogP contribution < -0.4 is 5.73 Å². The van der Waals surface area contributed by atoms with Crippen molar-refractivity contribution in [2.75, 3.05) is 5.73 Å². The minimum absolute atomic E-state index is 0.0736. The number of hydrogen-bond acceptors (Lipinski definition) is 2. The van der Waals surface area contributed by atoms with Gasteiger partial charge in [-0.15, -0.1) is 5.92 Å². The molecule has 1 aromatic carbocycles. The van der Waals surface area contributed by atoms with Crippen molar-refractivity contribution < 1.29 is 9.18 Å². The number of nitrogen functional groups attached to an aromatic ring is 1. The number of Topliss-reactive ketones (excluding diaryl/α,β-unsaturated/α-hetero) is 1. The van der Waals surface area contributed by atoms with Gasteiger partial charge in [-0.3, -0.25) is 4.79 Å². The van der Waals surface area contributed by atoms with Gasteiger partial charge in [0.2, 0.25) is 0 Å². The summed E-state index contributed by atoms with van der Waals surface area (Å²) in [6.07, 6.45) is 0.0736. The Balaban J connectivity index is 2.99. The molecule has 0 heterocycles. The zero-order valence-corrected chi connectivity index (χ0v) is 7.80. The van der Waals surface area contributed by atoms with Crippen LogP contribution in [0.1, 0.15) is 23.7 Å². The van der Waals surface area contributed by atoms with Crippen LogP contribution in [0.25, 0.3) is 0 Å². The lowest BCUT2D eigenvalue weighted by Crippen LogP contribution is -2.04. The first-order valence-electron chi connectivity index (χ1n) is 4.13. The van der Waals surface area contributed by atoms with Crippen molar-refractivity contribution in [3.8, 4) is 11.8 Å². The summed E-state index contributed by atoms with van der Waals surface area (Å²) in [4.78, 5) is 11.4. The summed E-state index contributed by atoms with van der Waals surface area (Å²) in [5, 5.41) is 0. The highest BCUT2D eigenvalue weighted by molar-refractivity contribution is 6.02. The molecule has 72 valence electrons. The van der Waals surface area contributed by atoms with Crippen molar-refractivity contribution in [3.63, 3.8) is 0 Å². The van der Waals surface area contributed by atoms with Gasteiger partial charge >= 0.3 is 0 Å². The Morgan fingerprint density at radius 3 is 2.93 bits per heavy atom. The standard InChI is InChI=1S/C11H10FNO/c1-2-3-7-10(14)8-5-4-6-9(12)11(8)13/h4-6H,7,13H2,1H3. The van der Waals surface area contributed by atoms with Gasteiger partial charge in [0.05, 0.1) is 12.1 Å². The molecule has 0 aliphatic rings. The lowest BCUT2D eigenvalue weighted by atomic mass is 10.1. The van der Waals surface area contributed by atoms with Gasteiger partial charge < -0.3 is 5.73 Å². The summed E-state index contributed by atoms with van der Waals surface area (Å²) in [6, 6.07) is 4.17. The summed E-state index contributed by atoms with van der Waals surface area (Å²) in [5.74, 6) is 4.39. The lowest BCUT2D eigenvalue weighted by Gasteiger charge is -2.02. The number of carbonyl (C=O) groups is 1. The Kier molecular flexibility index (Phi) is 3.24. The maximum Gasteiger partial charge on any atom is 0.176 e. The molecule has 0 atom stereocenters. The molecule has 0 spiro atoms. The van der Waals surface area contributed by atoms with Crippen LogP contribution in [0.3, 0.4) is 0 Å². The van der Waals surface area contributed by atoms with E-state index in [1.54, 1.807) is 6.92 Å². The molecule has 14 heavy (non-hydrogen) atoms. The van der Waals surface area contributed by atoms with Crippen LogP contribution in [-0.4, -0.2) is 5.78 Å². The van der Waals surface area contributed by atoms with E-state index in [2.05, 4.69) is 11.8 Å². The van der Waals surface area contributed by atoms with E-state index in [-0.39, 0.29) is 23.5 Å². The number of benzene rings is 1. The zero-order chi connectivity index (χ0) is 10.6. The number of halogens is 1. The van der Waals surface area contributed by atoms with Crippen molar-refractivity contribution in [2.45, 2.75) is 13.3 Å². The smallest absolute Gasteiger partial charge is 0.176 e. The van der Waals surface area contributed by atoms with Crippen LogP contribution in [0.15, 0.2) is 18.2 Å². The van der Waals surface area contributed by atoms with Gasteiger partial charge in [0.1, 0.15) is 5.82 Å². The zero-order valence-electron chi connectivity index (χ0n) is 7.80. The monoisotopic (exact) mass is 191 g/mol. The van der Waals surface area contributed by atoms with Crippen LogP contribution in [-0.2, 0) is 0 Å². The van der Waals surface area contributed by atoms with Crippen molar-refractivity contribution in [1.29, 1.82) is 0 Å². The van der Waals surface area contributed by atoms with E-state index >= 15 is 0 Å². The molecule has 0 saturated carbocycles. The van der Waals surface area contributed by atoms with Crippen LogP contribution in [0.4, 0.5) is 10.1 Å². The van der Waals surface area contributed by atoms with Gasteiger partial charge in [-0.05, 0) is 19.1 Å². The number of hydrogen-bond donors (Lipinski definition) is 1.